The van der Waals surface area contributed by atoms with Crippen LogP contribution in [0.5, 0.6) is 0 Å². The SMILES string of the molecule is c1ccc(-c2nc(-n3c4ccccc4c4cc(-c5c(-c6ccc7c(c6)c6ccccc6n7-c6ccccc6)nc6oc7ccccc7n56)ccc43)nc3ccccc23)cc1. The third kappa shape index (κ3) is 4.74. The van der Waals surface area contributed by atoms with Crippen molar-refractivity contribution >= 4 is 71.5 Å². The van der Waals surface area contributed by atoms with Gasteiger partial charge >= 0.3 is 5.84 Å². The van der Waals surface area contributed by atoms with Crippen LogP contribution in [0.25, 0.3) is 117 Å². The van der Waals surface area contributed by atoms with Gasteiger partial charge in [0, 0.05) is 49.3 Å². The first-order chi connectivity index (χ1) is 29.8. The minimum Gasteiger partial charge on any atom is -0.423 e. The highest BCUT2D eigenvalue weighted by Crippen LogP contribution is 2.42. The lowest BCUT2D eigenvalue weighted by Crippen LogP contribution is -2.03. The summed E-state index contributed by atoms with van der Waals surface area (Å²) >= 11 is 0. The molecule has 0 unspecified atom stereocenters. The van der Waals surface area contributed by atoms with Crippen molar-refractivity contribution < 1.29 is 4.42 Å². The molecule has 0 aliphatic heterocycles. The normalized spacial score (nSPS) is 12.0. The fourth-order valence-corrected chi connectivity index (χ4v) is 9.28. The zero-order valence-corrected chi connectivity index (χ0v) is 32.1. The van der Waals surface area contributed by atoms with Gasteiger partial charge in [0.1, 0.15) is 5.69 Å². The molecule has 13 aromatic rings. The second-order valence-electron chi connectivity index (χ2n) is 15.3. The average Bonchev–Trinajstić information content (AvgIpc) is 4.05. The maximum absolute atomic E-state index is 6.47. The van der Waals surface area contributed by atoms with Gasteiger partial charge in [0.05, 0.1) is 44.5 Å². The second kappa shape index (κ2) is 12.6. The molecule has 0 fully saturated rings. The summed E-state index contributed by atoms with van der Waals surface area (Å²) < 4.78 is 13.2. The molecule has 7 heteroatoms. The van der Waals surface area contributed by atoms with Gasteiger partial charge in [-0.25, -0.2) is 9.97 Å². The maximum Gasteiger partial charge on any atom is 0.307 e. The Labute approximate surface area is 342 Å². The lowest BCUT2D eigenvalue weighted by molar-refractivity contribution is 0.642. The van der Waals surface area contributed by atoms with Crippen LogP contribution < -0.4 is 0 Å². The van der Waals surface area contributed by atoms with Crippen LogP contribution in [0.4, 0.5) is 0 Å². The number of fused-ring (bicyclic) bond motifs is 10. The molecular weight excluding hydrogens is 737 g/mol. The first-order valence-corrected chi connectivity index (χ1v) is 20.1. The summed E-state index contributed by atoms with van der Waals surface area (Å²) in [6, 6.07) is 67.9. The molecule has 60 heavy (non-hydrogen) atoms. The minimum atomic E-state index is 0.550. The van der Waals surface area contributed by atoms with Crippen LogP contribution in [-0.4, -0.2) is 28.5 Å². The van der Waals surface area contributed by atoms with E-state index in [0.717, 1.165) is 99.7 Å². The molecule has 280 valence electrons. The topological polar surface area (TPSA) is 66.1 Å². The molecule has 5 heterocycles. The monoisotopic (exact) mass is 768 g/mol. The smallest absolute Gasteiger partial charge is 0.307 e. The van der Waals surface area contributed by atoms with Gasteiger partial charge in [0.15, 0.2) is 5.58 Å². The molecule has 0 saturated carbocycles. The van der Waals surface area contributed by atoms with E-state index in [0.29, 0.717) is 11.8 Å². The number of nitrogens with zero attached hydrogens (tertiary/aromatic N) is 6. The quantitative estimate of drug-likeness (QED) is 0.175. The molecule has 0 amide bonds. The van der Waals surface area contributed by atoms with E-state index in [2.05, 4.69) is 177 Å². The van der Waals surface area contributed by atoms with Gasteiger partial charge in [0.25, 0.3) is 0 Å². The molecule has 0 aliphatic carbocycles. The summed E-state index contributed by atoms with van der Waals surface area (Å²) in [6.07, 6.45) is 0. The van der Waals surface area contributed by atoms with Crippen molar-refractivity contribution in [2.24, 2.45) is 0 Å². The Bertz CT molecular complexity index is 3830. The largest absolute Gasteiger partial charge is 0.423 e. The van der Waals surface area contributed by atoms with E-state index < -0.39 is 0 Å². The molecule has 0 saturated heterocycles. The van der Waals surface area contributed by atoms with Crippen molar-refractivity contribution in [1.29, 1.82) is 0 Å². The number of benzene rings is 8. The molecule has 7 nitrogen and oxygen atoms in total. The molecule has 0 aliphatic rings. The van der Waals surface area contributed by atoms with E-state index in [1.165, 1.54) is 5.39 Å². The van der Waals surface area contributed by atoms with Crippen molar-refractivity contribution in [3.8, 4) is 45.4 Å². The molecule has 0 spiro atoms. The van der Waals surface area contributed by atoms with E-state index in [1.807, 2.05) is 30.3 Å². The highest BCUT2D eigenvalue weighted by molar-refractivity contribution is 6.12. The molecule has 0 bridgehead atoms. The lowest BCUT2D eigenvalue weighted by Gasteiger charge is -2.12. The van der Waals surface area contributed by atoms with Gasteiger partial charge in [-0.05, 0) is 66.7 Å². The Balaban J connectivity index is 1.06. The predicted octanol–water partition coefficient (Wildman–Crippen LogP) is 13.2. The highest BCUT2D eigenvalue weighted by Gasteiger charge is 2.24. The van der Waals surface area contributed by atoms with Crippen LogP contribution in [0.1, 0.15) is 0 Å². The zero-order chi connectivity index (χ0) is 39.3. The van der Waals surface area contributed by atoms with E-state index in [1.54, 1.807) is 0 Å². The second-order valence-corrected chi connectivity index (χ2v) is 15.3. The van der Waals surface area contributed by atoms with Crippen LogP contribution in [-0.2, 0) is 0 Å². The lowest BCUT2D eigenvalue weighted by atomic mass is 10.0. The van der Waals surface area contributed by atoms with Gasteiger partial charge in [-0.1, -0.05) is 127 Å². The molecule has 5 aromatic heterocycles. The van der Waals surface area contributed by atoms with Crippen LogP contribution in [0.15, 0.2) is 199 Å². The Morgan fingerprint density at radius 2 is 0.933 bits per heavy atom. The third-order valence-corrected chi connectivity index (χ3v) is 11.9. The Kier molecular flexibility index (Phi) is 6.88. The minimum absolute atomic E-state index is 0.550. The Hall–Kier alpha value is -8.29. The highest BCUT2D eigenvalue weighted by atomic mass is 16.4. The summed E-state index contributed by atoms with van der Waals surface area (Å²) in [4.78, 5) is 15.8. The van der Waals surface area contributed by atoms with E-state index >= 15 is 0 Å². The van der Waals surface area contributed by atoms with Crippen LogP contribution in [0, 0.1) is 0 Å². The number of hydrogen-bond donors (Lipinski definition) is 0. The number of imidazole rings is 1. The van der Waals surface area contributed by atoms with Crippen LogP contribution in [0.3, 0.4) is 0 Å². The maximum atomic E-state index is 6.47. The third-order valence-electron chi connectivity index (χ3n) is 11.9. The van der Waals surface area contributed by atoms with Crippen LogP contribution >= 0.6 is 0 Å². The molecule has 0 radical (unpaired) electrons. The van der Waals surface area contributed by atoms with Gasteiger partial charge < -0.3 is 8.98 Å². The Morgan fingerprint density at radius 1 is 0.367 bits per heavy atom. The van der Waals surface area contributed by atoms with Gasteiger partial charge in [-0.2, -0.15) is 4.98 Å². The fourth-order valence-electron chi connectivity index (χ4n) is 9.28. The van der Waals surface area contributed by atoms with Crippen molar-refractivity contribution in [3.63, 3.8) is 0 Å². The first-order valence-electron chi connectivity index (χ1n) is 20.1. The molecular formula is C53H32N6O. The zero-order valence-electron chi connectivity index (χ0n) is 32.1. The summed E-state index contributed by atoms with van der Waals surface area (Å²) in [7, 11) is 0. The van der Waals surface area contributed by atoms with Gasteiger partial charge in [0.2, 0.25) is 5.95 Å². The van der Waals surface area contributed by atoms with E-state index in [4.69, 9.17) is 19.4 Å². The number of hydrogen-bond acceptors (Lipinski definition) is 4. The average molecular weight is 769 g/mol. The van der Waals surface area contributed by atoms with E-state index in [9.17, 15) is 0 Å². The van der Waals surface area contributed by atoms with Gasteiger partial charge in [-0.15, -0.1) is 0 Å². The number of rotatable bonds is 5. The first kappa shape index (κ1) is 32.8. The van der Waals surface area contributed by atoms with Crippen molar-refractivity contribution in [2.45, 2.75) is 0 Å². The van der Waals surface area contributed by atoms with E-state index in [-0.39, 0.29) is 0 Å². The predicted molar refractivity (Wildman–Crippen MR) is 243 cm³/mol. The Morgan fingerprint density at radius 3 is 1.70 bits per heavy atom. The summed E-state index contributed by atoms with van der Waals surface area (Å²) in [5.74, 6) is 1.18. The van der Waals surface area contributed by atoms with Gasteiger partial charge in [-0.3, -0.25) is 8.97 Å². The number of oxazole rings is 1. The molecule has 0 atom stereocenters. The standard InChI is InChI=1S/C53H32N6O/c1-3-15-33(16-4-1)49-39-21-7-10-22-42(39)54-52(55-49)58-44-24-12-9-20-38(44)41-32-35(28-30-46(41)58)51-50(56-53-59(51)47-25-13-14-26-48(47)60-53)34-27-29-45-40(31-34)37-19-8-11-23-43(37)57(45)36-17-5-2-6-18-36/h1-32H. The van der Waals surface area contributed by atoms with Crippen molar-refractivity contribution in [1.82, 2.24) is 28.5 Å². The summed E-state index contributed by atoms with van der Waals surface area (Å²) in [6.45, 7) is 0. The summed E-state index contributed by atoms with van der Waals surface area (Å²) in [5, 5.41) is 5.57. The molecule has 8 aromatic carbocycles. The number of para-hydroxylation sites is 6. The number of aromatic nitrogens is 6. The van der Waals surface area contributed by atoms with Crippen LogP contribution in [0.2, 0.25) is 0 Å². The molecule has 0 N–H and O–H groups in total. The summed E-state index contributed by atoms with van der Waals surface area (Å²) in [5.41, 5.74) is 13.9. The fraction of sp³-hybridized carbons (Fsp3) is 0. The molecule has 13 rings (SSSR count). The van der Waals surface area contributed by atoms with Crippen molar-refractivity contribution in [3.05, 3.63) is 194 Å². The van der Waals surface area contributed by atoms with Crippen molar-refractivity contribution in [2.75, 3.05) is 0 Å².